The van der Waals surface area contributed by atoms with E-state index in [1.54, 1.807) is 0 Å². The van der Waals surface area contributed by atoms with Gasteiger partial charge < -0.3 is 13.9 Å². The monoisotopic (exact) mass is 660 g/mol. The Kier molecular flexibility index (Phi) is 6.55. The minimum absolute atomic E-state index is 0.648. The summed E-state index contributed by atoms with van der Waals surface area (Å²) in [6.45, 7) is 0. The molecule has 4 heteroatoms. The van der Waals surface area contributed by atoms with Crippen LogP contribution in [0.15, 0.2) is 180 Å². The molecule has 0 aliphatic rings. The van der Waals surface area contributed by atoms with Gasteiger partial charge in [-0.3, -0.25) is 0 Å². The van der Waals surface area contributed by atoms with Gasteiger partial charge in [0, 0.05) is 49.5 Å². The first-order valence-corrected chi connectivity index (χ1v) is 17.2. The van der Waals surface area contributed by atoms with Crippen molar-refractivity contribution in [2.24, 2.45) is 0 Å². The highest BCUT2D eigenvalue weighted by Gasteiger charge is 2.23. The number of furan rings is 1. The van der Waals surface area contributed by atoms with Gasteiger partial charge in [0.15, 0.2) is 0 Å². The van der Waals surface area contributed by atoms with Crippen LogP contribution in [-0.4, -0.2) is 4.57 Å². The number of halogens is 1. The molecule has 0 saturated carbocycles. The Morgan fingerprint density at radius 3 is 2.04 bits per heavy atom. The van der Waals surface area contributed by atoms with E-state index in [4.69, 9.17) is 16.0 Å². The molecule has 10 aromatic rings. The van der Waals surface area contributed by atoms with E-state index in [0.29, 0.717) is 5.02 Å². The van der Waals surface area contributed by atoms with Crippen LogP contribution in [0.1, 0.15) is 0 Å². The molecule has 8 aromatic carbocycles. The van der Waals surface area contributed by atoms with Crippen LogP contribution in [0.4, 0.5) is 17.1 Å². The van der Waals surface area contributed by atoms with Crippen LogP contribution in [0.25, 0.3) is 71.3 Å². The Morgan fingerprint density at radius 2 is 1.20 bits per heavy atom. The van der Waals surface area contributed by atoms with Crippen LogP contribution in [0.2, 0.25) is 5.02 Å². The molecule has 10 rings (SSSR count). The second-order valence-corrected chi connectivity index (χ2v) is 13.1. The molecule has 0 atom stereocenters. The molecule has 3 nitrogen and oxygen atoms in total. The maximum atomic E-state index is 7.08. The van der Waals surface area contributed by atoms with Crippen molar-refractivity contribution in [3.8, 4) is 16.8 Å². The molecule has 0 radical (unpaired) electrons. The Balaban J connectivity index is 1.28. The fourth-order valence-electron chi connectivity index (χ4n) is 7.60. The summed E-state index contributed by atoms with van der Waals surface area (Å²) in [6, 6.07) is 61.7. The number of fused-ring (bicyclic) bond motifs is 8. The fraction of sp³-hybridized carbons (Fsp3) is 0. The number of benzene rings is 8. The predicted octanol–water partition coefficient (Wildman–Crippen LogP) is 13.6. The summed E-state index contributed by atoms with van der Waals surface area (Å²) in [7, 11) is 0. The standard InChI is InChI=1S/C46H29ClN2O/c47-33-25-32(27-37(28-33)48(34-15-3-1-4-16-34)36-24-23-30-13-7-8-14-31(30)26-36)40-29-41-38-19-9-11-21-42(38)49(35-17-5-2-6-18-35)45(41)44-39-20-10-12-22-43(39)50-46(40)44/h1-29H. The normalized spacial score (nSPS) is 11.7. The fourth-order valence-corrected chi connectivity index (χ4v) is 7.83. The highest BCUT2D eigenvalue weighted by atomic mass is 35.5. The maximum Gasteiger partial charge on any atom is 0.145 e. The number of hydrogen-bond acceptors (Lipinski definition) is 2. The number of hydrogen-bond donors (Lipinski definition) is 0. The van der Waals surface area contributed by atoms with E-state index < -0.39 is 0 Å². The van der Waals surface area contributed by atoms with Crippen LogP contribution in [0.3, 0.4) is 0 Å². The van der Waals surface area contributed by atoms with Gasteiger partial charge in [-0.1, -0.05) is 115 Å². The van der Waals surface area contributed by atoms with Crippen molar-refractivity contribution in [3.63, 3.8) is 0 Å². The van der Waals surface area contributed by atoms with E-state index in [2.05, 4.69) is 167 Å². The highest BCUT2D eigenvalue weighted by molar-refractivity contribution is 6.32. The molecule has 0 amide bonds. The van der Waals surface area contributed by atoms with E-state index in [0.717, 1.165) is 72.2 Å². The maximum absolute atomic E-state index is 7.08. The number of para-hydroxylation sites is 4. The van der Waals surface area contributed by atoms with Gasteiger partial charge in [-0.15, -0.1) is 0 Å². The van der Waals surface area contributed by atoms with Crippen molar-refractivity contribution in [2.45, 2.75) is 0 Å². The second kappa shape index (κ2) is 11.4. The van der Waals surface area contributed by atoms with Crippen LogP contribution >= 0.6 is 11.6 Å². The lowest BCUT2D eigenvalue weighted by atomic mass is 9.97. The van der Waals surface area contributed by atoms with Gasteiger partial charge in [0.05, 0.1) is 16.4 Å². The minimum atomic E-state index is 0.648. The zero-order valence-corrected chi connectivity index (χ0v) is 27.7. The van der Waals surface area contributed by atoms with Crippen LogP contribution < -0.4 is 4.90 Å². The van der Waals surface area contributed by atoms with Crippen LogP contribution in [0, 0.1) is 0 Å². The van der Waals surface area contributed by atoms with Crippen molar-refractivity contribution in [1.29, 1.82) is 0 Å². The molecule has 2 heterocycles. The van der Waals surface area contributed by atoms with Gasteiger partial charge in [0.1, 0.15) is 11.2 Å². The quantitative estimate of drug-likeness (QED) is 0.183. The first-order valence-electron chi connectivity index (χ1n) is 16.8. The summed E-state index contributed by atoms with van der Waals surface area (Å²) in [4.78, 5) is 2.28. The lowest BCUT2D eigenvalue weighted by Gasteiger charge is -2.26. The van der Waals surface area contributed by atoms with Gasteiger partial charge in [-0.2, -0.15) is 0 Å². The van der Waals surface area contributed by atoms with E-state index in [-0.39, 0.29) is 0 Å². The lowest BCUT2D eigenvalue weighted by Crippen LogP contribution is -2.10. The molecule has 236 valence electrons. The number of rotatable bonds is 5. The molecular weight excluding hydrogens is 632 g/mol. The third-order valence-corrected chi connectivity index (χ3v) is 9.97. The Hall–Kier alpha value is -6.29. The smallest absolute Gasteiger partial charge is 0.145 e. The summed E-state index contributed by atoms with van der Waals surface area (Å²) in [5.41, 5.74) is 10.1. The Labute approximate surface area is 293 Å². The first-order chi connectivity index (χ1) is 24.7. The van der Waals surface area contributed by atoms with Crippen LogP contribution in [-0.2, 0) is 0 Å². The van der Waals surface area contributed by atoms with Crippen molar-refractivity contribution in [2.75, 3.05) is 4.90 Å². The molecule has 0 N–H and O–H groups in total. The summed E-state index contributed by atoms with van der Waals surface area (Å²) in [6.07, 6.45) is 0. The molecule has 0 fully saturated rings. The zero-order valence-electron chi connectivity index (χ0n) is 26.9. The molecule has 50 heavy (non-hydrogen) atoms. The van der Waals surface area contributed by atoms with E-state index in [1.165, 1.54) is 16.2 Å². The number of nitrogens with zero attached hydrogens (tertiary/aromatic N) is 2. The minimum Gasteiger partial charge on any atom is -0.455 e. The average molecular weight is 661 g/mol. The molecule has 0 aliphatic carbocycles. The van der Waals surface area contributed by atoms with Crippen LogP contribution in [0.5, 0.6) is 0 Å². The molecule has 2 aromatic heterocycles. The molecule has 0 bridgehead atoms. The molecule has 0 aliphatic heterocycles. The van der Waals surface area contributed by atoms with Crippen molar-refractivity contribution < 1.29 is 4.42 Å². The average Bonchev–Trinajstić information content (AvgIpc) is 3.71. The second-order valence-electron chi connectivity index (χ2n) is 12.7. The van der Waals surface area contributed by atoms with E-state index in [9.17, 15) is 0 Å². The largest absolute Gasteiger partial charge is 0.455 e. The molecule has 0 spiro atoms. The summed E-state index contributed by atoms with van der Waals surface area (Å²) < 4.78 is 9.19. The van der Waals surface area contributed by atoms with E-state index >= 15 is 0 Å². The number of anilines is 3. The molecule has 0 saturated heterocycles. The highest BCUT2D eigenvalue weighted by Crippen LogP contribution is 2.47. The molecule has 0 unspecified atom stereocenters. The Bertz CT molecular complexity index is 2890. The van der Waals surface area contributed by atoms with Crippen molar-refractivity contribution in [1.82, 2.24) is 4.57 Å². The zero-order chi connectivity index (χ0) is 33.2. The third-order valence-electron chi connectivity index (χ3n) is 9.75. The van der Waals surface area contributed by atoms with Gasteiger partial charge >= 0.3 is 0 Å². The van der Waals surface area contributed by atoms with Gasteiger partial charge in [0.2, 0.25) is 0 Å². The first kappa shape index (κ1) is 28.7. The lowest BCUT2D eigenvalue weighted by molar-refractivity contribution is 0.670. The summed E-state index contributed by atoms with van der Waals surface area (Å²) in [5, 5.41) is 7.54. The summed E-state index contributed by atoms with van der Waals surface area (Å²) in [5.74, 6) is 0. The third kappa shape index (κ3) is 4.52. The molecular formula is C46H29ClN2O. The SMILES string of the molecule is Clc1cc(-c2cc3c4ccccc4n(-c4ccccc4)c3c3c2oc2ccccc23)cc(N(c2ccccc2)c2ccc3ccccc3c2)c1. The van der Waals surface area contributed by atoms with Crippen molar-refractivity contribution >= 4 is 83.2 Å². The summed E-state index contributed by atoms with van der Waals surface area (Å²) >= 11 is 7.08. The topological polar surface area (TPSA) is 21.3 Å². The van der Waals surface area contributed by atoms with Gasteiger partial charge in [-0.25, -0.2) is 0 Å². The van der Waals surface area contributed by atoms with Gasteiger partial charge in [0.25, 0.3) is 0 Å². The number of aromatic nitrogens is 1. The van der Waals surface area contributed by atoms with Gasteiger partial charge in [-0.05, 0) is 89.1 Å². The predicted molar refractivity (Wildman–Crippen MR) is 211 cm³/mol. The Morgan fingerprint density at radius 1 is 0.500 bits per heavy atom. The van der Waals surface area contributed by atoms with Crippen molar-refractivity contribution in [3.05, 3.63) is 181 Å². The van der Waals surface area contributed by atoms with E-state index in [1.807, 2.05) is 18.2 Å².